The lowest BCUT2D eigenvalue weighted by Crippen LogP contribution is -2.33. The lowest BCUT2D eigenvalue weighted by Gasteiger charge is -2.20. The van der Waals surface area contributed by atoms with Gasteiger partial charge in [0.1, 0.15) is 5.75 Å². The van der Waals surface area contributed by atoms with Crippen LogP contribution in [-0.2, 0) is 16.1 Å². The maximum atomic E-state index is 11.0. The first-order valence-electron chi connectivity index (χ1n) is 6.54. The zero-order valence-corrected chi connectivity index (χ0v) is 12.2. The molecule has 21 heavy (non-hydrogen) atoms. The quantitative estimate of drug-likeness (QED) is 0.700. The van der Waals surface area contributed by atoms with Gasteiger partial charge in [0.05, 0.1) is 13.7 Å². The molecule has 0 spiro atoms. The van der Waals surface area contributed by atoms with Crippen LogP contribution in [0.2, 0.25) is 0 Å². The van der Waals surface area contributed by atoms with Crippen molar-refractivity contribution in [1.82, 2.24) is 4.90 Å². The average Bonchev–Trinajstić information content (AvgIpc) is 2.44. The molecule has 0 radical (unpaired) electrons. The van der Waals surface area contributed by atoms with Crippen LogP contribution in [0.5, 0.6) is 5.75 Å². The Balaban J connectivity index is 2.99. The predicted octanol–water partition coefficient (Wildman–Crippen LogP) is 1.10. The third-order valence-electron chi connectivity index (χ3n) is 2.94. The van der Waals surface area contributed by atoms with E-state index in [1.165, 1.54) is 6.08 Å². The molecule has 0 unspecified atom stereocenters. The molecule has 6 nitrogen and oxygen atoms in total. The van der Waals surface area contributed by atoms with Crippen LogP contribution in [0.15, 0.2) is 24.3 Å². The maximum absolute atomic E-state index is 11.0. The molecule has 1 aromatic carbocycles. The Labute approximate surface area is 123 Å². The topological polar surface area (TPSA) is 92.9 Å². The fourth-order valence-corrected chi connectivity index (χ4v) is 1.93. The van der Waals surface area contributed by atoms with Gasteiger partial charge in [-0.3, -0.25) is 9.69 Å². The number of nitrogens with zero attached hydrogens (tertiary/aromatic N) is 1. The van der Waals surface area contributed by atoms with Gasteiger partial charge in [0, 0.05) is 18.2 Å². The van der Waals surface area contributed by atoms with E-state index in [9.17, 15) is 9.59 Å². The number of nitrogens with two attached hydrogens (primary N) is 1. The molecule has 0 atom stereocenters. The van der Waals surface area contributed by atoms with E-state index in [-0.39, 0.29) is 6.54 Å². The molecule has 0 saturated heterocycles. The van der Waals surface area contributed by atoms with E-state index in [0.29, 0.717) is 18.8 Å². The largest absolute Gasteiger partial charge is 0.496 e. The molecule has 6 heteroatoms. The Morgan fingerprint density at radius 1 is 1.43 bits per heavy atom. The van der Waals surface area contributed by atoms with E-state index in [2.05, 4.69) is 0 Å². The number of rotatable bonds is 8. The predicted molar refractivity (Wildman–Crippen MR) is 79.8 cm³/mol. The van der Waals surface area contributed by atoms with Crippen LogP contribution in [0, 0.1) is 0 Å². The Bertz CT molecular complexity index is 540. The molecular weight excluding hydrogens is 272 g/mol. The number of carboxylic acids is 1. The van der Waals surface area contributed by atoms with Crippen LogP contribution < -0.4 is 10.5 Å². The van der Waals surface area contributed by atoms with Gasteiger partial charge in [-0.2, -0.15) is 0 Å². The highest BCUT2D eigenvalue weighted by atomic mass is 16.5. The summed E-state index contributed by atoms with van der Waals surface area (Å²) < 4.78 is 5.29. The van der Waals surface area contributed by atoms with E-state index < -0.39 is 11.9 Å². The summed E-state index contributed by atoms with van der Waals surface area (Å²) in [6.45, 7) is 3.26. The summed E-state index contributed by atoms with van der Waals surface area (Å²) in [5, 5.41) is 8.66. The van der Waals surface area contributed by atoms with Crippen molar-refractivity contribution in [2.45, 2.75) is 13.5 Å². The van der Waals surface area contributed by atoms with Gasteiger partial charge in [0.15, 0.2) is 0 Å². The van der Waals surface area contributed by atoms with Crippen molar-refractivity contribution in [2.75, 3.05) is 20.2 Å². The molecule has 0 aliphatic heterocycles. The van der Waals surface area contributed by atoms with Gasteiger partial charge in [-0.15, -0.1) is 0 Å². The summed E-state index contributed by atoms with van der Waals surface area (Å²) in [6, 6.07) is 5.38. The number of hydrogen-bond donors (Lipinski definition) is 2. The first-order valence-corrected chi connectivity index (χ1v) is 6.54. The van der Waals surface area contributed by atoms with E-state index in [1.807, 2.05) is 17.9 Å². The van der Waals surface area contributed by atoms with Crippen molar-refractivity contribution < 1.29 is 19.4 Å². The molecule has 0 heterocycles. The molecule has 1 amide bonds. The standard InChI is InChI=1S/C15H20N2O4/c1-3-17(10-14(16)18)9-12-8-11(5-7-15(19)20)4-6-13(12)21-2/h4-8H,3,9-10H2,1-2H3,(H2,16,18)(H,19,20)/b7-5+. The molecular formula is C15H20N2O4. The molecule has 114 valence electrons. The van der Waals surface area contributed by atoms with Crippen LogP contribution in [0.3, 0.4) is 0 Å². The second-order valence-corrected chi connectivity index (χ2v) is 4.51. The van der Waals surface area contributed by atoms with E-state index in [1.54, 1.807) is 19.2 Å². The smallest absolute Gasteiger partial charge is 0.328 e. The lowest BCUT2D eigenvalue weighted by atomic mass is 10.1. The summed E-state index contributed by atoms with van der Waals surface area (Å²) >= 11 is 0. The van der Waals surface area contributed by atoms with Gasteiger partial charge in [-0.1, -0.05) is 13.0 Å². The fourth-order valence-electron chi connectivity index (χ4n) is 1.93. The Hall–Kier alpha value is -2.34. The zero-order valence-electron chi connectivity index (χ0n) is 12.2. The van der Waals surface area contributed by atoms with Gasteiger partial charge >= 0.3 is 5.97 Å². The second kappa shape index (κ2) is 8.06. The number of carboxylic acid groups (broad SMARTS) is 1. The average molecular weight is 292 g/mol. The maximum Gasteiger partial charge on any atom is 0.328 e. The number of aliphatic carboxylic acids is 1. The molecule has 0 aliphatic rings. The number of hydrogen-bond acceptors (Lipinski definition) is 4. The van der Waals surface area contributed by atoms with E-state index >= 15 is 0 Å². The number of carbonyl (C=O) groups is 2. The zero-order chi connectivity index (χ0) is 15.8. The molecule has 0 saturated carbocycles. The van der Waals surface area contributed by atoms with Gasteiger partial charge < -0.3 is 15.6 Å². The minimum absolute atomic E-state index is 0.162. The summed E-state index contributed by atoms with van der Waals surface area (Å²) in [5.41, 5.74) is 6.84. The summed E-state index contributed by atoms with van der Waals surface area (Å²) in [4.78, 5) is 23.5. The molecule has 1 aromatic rings. The van der Waals surface area contributed by atoms with E-state index in [4.69, 9.17) is 15.6 Å². The first-order chi connectivity index (χ1) is 9.96. The highest BCUT2D eigenvalue weighted by molar-refractivity contribution is 5.85. The van der Waals surface area contributed by atoms with Crippen LogP contribution >= 0.6 is 0 Å². The summed E-state index contributed by atoms with van der Waals surface area (Å²) in [5.74, 6) is -0.709. The van der Waals surface area contributed by atoms with Crippen LogP contribution in [0.25, 0.3) is 6.08 Å². The molecule has 0 aromatic heterocycles. The minimum Gasteiger partial charge on any atom is -0.496 e. The monoisotopic (exact) mass is 292 g/mol. The van der Waals surface area contributed by atoms with E-state index in [0.717, 1.165) is 17.2 Å². The van der Waals surface area contributed by atoms with Crippen molar-refractivity contribution in [3.05, 3.63) is 35.4 Å². The van der Waals surface area contributed by atoms with Gasteiger partial charge in [-0.05, 0) is 30.3 Å². The number of amides is 1. The Morgan fingerprint density at radius 2 is 2.14 bits per heavy atom. The second-order valence-electron chi connectivity index (χ2n) is 4.51. The normalized spacial score (nSPS) is 11.0. The highest BCUT2D eigenvalue weighted by Crippen LogP contribution is 2.22. The molecule has 0 aliphatic carbocycles. The third kappa shape index (κ3) is 5.66. The number of methoxy groups -OCH3 is 1. The van der Waals surface area contributed by atoms with Crippen molar-refractivity contribution in [1.29, 1.82) is 0 Å². The number of benzene rings is 1. The summed E-state index contributed by atoms with van der Waals surface area (Å²) in [7, 11) is 1.57. The lowest BCUT2D eigenvalue weighted by molar-refractivity contribution is -0.131. The van der Waals surface area contributed by atoms with Gasteiger partial charge in [0.2, 0.25) is 5.91 Å². The molecule has 3 N–H and O–H groups in total. The number of ether oxygens (including phenoxy) is 1. The Kier molecular flexibility index (Phi) is 6.42. The number of primary amides is 1. The Morgan fingerprint density at radius 3 is 2.67 bits per heavy atom. The fraction of sp³-hybridized carbons (Fsp3) is 0.333. The minimum atomic E-state index is -1.00. The SMILES string of the molecule is CCN(CC(N)=O)Cc1cc(/C=C/C(=O)O)ccc1OC. The van der Waals surface area contributed by atoms with Crippen LogP contribution in [-0.4, -0.2) is 42.1 Å². The molecule has 0 bridgehead atoms. The van der Waals surface area contributed by atoms with Crippen molar-refractivity contribution >= 4 is 18.0 Å². The van der Waals surface area contributed by atoms with Crippen LogP contribution in [0.4, 0.5) is 0 Å². The van der Waals surface area contributed by atoms with Crippen molar-refractivity contribution in [2.24, 2.45) is 5.73 Å². The van der Waals surface area contributed by atoms with Gasteiger partial charge in [-0.25, -0.2) is 4.79 Å². The van der Waals surface area contributed by atoms with Crippen LogP contribution in [0.1, 0.15) is 18.1 Å². The first kappa shape index (κ1) is 16.7. The van der Waals surface area contributed by atoms with Crippen molar-refractivity contribution in [3.8, 4) is 5.75 Å². The molecule has 1 rings (SSSR count). The van der Waals surface area contributed by atoms with Gasteiger partial charge in [0.25, 0.3) is 0 Å². The van der Waals surface area contributed by atoms with Crippen molar-refractivity contribution in [3.63, 3.8) is 0 Å². The summed E-state index contributed by atoms with van der Waals surface area (Å²) in [6.07, 6.45) is 2.59. The number of carbonyl (C=O) groups excluding carboxylic acids is 1. The highest BCUT2D eigenvalue weighted by Gasteiger charge is 2.11. The molecule has 0 fully saturated rings. The number of likely N-dealkylation sites (N-methyl/N-ethyl adjacent to an activating group) is 1. The third-order valence-corrected chi connectivity index (χ3v) is 2.94.